The lowest BCUT2D eigenvalue weighted by molar-refractivity contribution is 0.624. The zero-order chi connectivity index (χ0) is 14.7. The average Bonchev–Trinajstić information content (AvgIpc) is 3.11. The zero-order valence-electron chi connectivity index (χ0n) is 12.3. The summed E-state index contributed by atoms with van der Waals surface area (Å²) in [6.45, 7) is 2.91. The van der Waals surface area contributed by atoms with E-state index in [1.165, 1.54) is 16.0 Å². The monoisotopic (exact) mass is 300 g/mol. The second-order valence-electron chi connectivity index (χ2n) is 5.13. The van der Waals surface area contributed by atoms with Crippen molar-refractivity contribution in [1.29, 1.82) is 0 Å². The first-order chi connectivity index (χ1) is 10.3. The largest absolute Gasteiger partial charge is 0.454 e. The van der Waals surface area contributed by atoms with E-state index in [1.54, 1.807) is 11.3 Å². The van der Waals surface area contributed by atoms with Crippen LogP contribution in [0.25, 0.3) is 22.4 Å². The number of para-hydroxylation sites is 1. The predicted octanol–water partition coefficient (Wildman–Crippen LogP) is 4.40. The topological polar surface area (TPSA) is 52.0 Å². The van der Waals surface area contributed by atoms with Crippen molar-refractivity contribution in [1.82, 2.24) is 4.98 Å². The molecule has 0 saturated carbocycles. The van der Waals surface area contributed by atoms with E-state index in [0.717, 1.165) is 49.3 Å². The third kappa shape index (κ3) is 2.87. The molecule has 0 fully saturated rings. The Morgan fingerprint density at radius 1 is 1.24 bits per heavy atom. The Hall–Kier alpha value is -1.65. The van der Waals surface area contributed by atoms with Crippen molar-refractivity contribution in [2.45, 2.75) is 32.6 Å². The van der Waals surface area contributed by atoms with Gasteiger partial charge in [0.2, 0.25) is 0 Å². The fourth-order valence-corrected chi connectivity index (χ4v) is 3.43. The minimum atomic E-state index is 0.752. The SMILES string of the molecule is CCc1c(-c2csc(CCCCN)n2)oc2ccccc12. The van der Waals surface area contributed by atoms with Gasteiger partial charge in [-0.1, -0.05) is 25.1 Å². The summed E-state index contributed by atoms with van der Waals surface area (Å²) in [6.07, 6.45) is 4.11. The van der Waals surface area contributed by atoms with E-state index < -0.39 is 0 Å². The van der Waals surface area contributed by atoms with Gasteiger partial charge in [0.05, 0.1) is 5.01 Å². The second-order valence-corrected chi connectivity index (χ2v) is 6.07. The molecule has 0 saturated heterocycles. The number of unbranched alkanes of at least 4 members (excludes halogenated alkanes) is 1. The van der Waals surface area contributed by atoms with Crippen LogP contribution in [0.3, 0.4) is 0 Å². The molecule has 21 heavy (non-hydrogen) atoms. The molecule has 0 aliphatic carbocycles. The first-order valence-corrected chi connectivity index (χ1v) is 8.36. The van der Waals surface area contributed by atoms with Gasteiger partial charge in [0, 0.05) is 16.3 Å². The number of thiazole rings is 1. The van der Waals surface area contributed by atoms with Gasteiger partial charge in [0.1, 0.15) is 11.3 Å². The number of rotatable bonds is 6. The number of hydrogen-bond donors (Lipinski definition) is 1. The van der Waals surface area contributed by atoms with Gasteiger partial charge in [0.15, 0.2) is 5.76 Å². The Morgan fingerprint density at radius 3 is 2.90 bits per heavy atom. The van der Waals surface area contributed by atoms with Gasteiger partial charge < -0.3 is 10.2 Å². The molecule has 0 atom stereocenters. The van der Waals surface area contributed by atoms with Crippen LogP contribution >= 0.6 is 11.3 Å². The summed E-state index contributed by atoms with van der Waals surface area (Å²) in [7, 11) is 0. The molecule has 2 N–H and O–H groups in total. The van der Waals surface area contributed by atoms with E-state index >= 15 is 0 Å². The number of nitrogens with two attached hydrogens (primary N) is 1. The Balaban J connectivity index is 1.93. The number of benzene rings is 1. The molecule has 4 heteroatoms. The maximum atomic E-state index is 6.04. The normalized spacial score (nSPS) is 11.3. The molecule has 0 aliphatic heterocycles. The molecule has 2 aromatic heterocycles. The molecule has 3 nitrogen and oxygen atoms in total. The Bertz CT molecular complexity index is 729. The van der Waals surface area contributed by atoms with Crippen molar-refractivity contribution in [3.63, 3.8) is 0 Å². The summed E-state index contributed by atoms with van der Waals surface area (Å²) >= 11 is 1.71. The number of hydrogen-bond acceptors (Lipinski definition) is 4. The fraction of sp³-hybridized carbons (Fsp3) is 0.353. The van der Waals surface area contributed by atoms with E-state index in [2.05, 4.69) is 24.4 Å². The molecule has 0 bridgehead atoms. The predicted molar refractivity (Wildman–Crippen MR) is 88.7 cm³/mol. The van der Waals surface area contributed by atoms with Crippen LogP contribution in [-0.2, 0) is 12.8 Å². The van der Waals surface area contributed by atoms with Crippen LogP contribution in [0.5, 0.6) is 0 Å². The van der Waals surface area contributed by atoms with Gasteiger partial charge in [-0.15, -0.1) is 11.3 Å². The lowest BCUT2D eigenvalue weighted by atomic mass is 10.1. The van der Waals surface area contributed by atoms with Crippen molar-refractivity contribution in [2.75, 3.05) is 6.54 Å². The van der Waals surface area contributed by atoms with Crippen LogP contribution in [0, 0.1) is 0 Å². The number of fused-ring (bicyclic) bond motifs is 1. The summed E-state index contributed by atoms with van der Waals surface area (Å²) in [6, 6.07) is 8.21. The third-order valence-corrected chi connectivity index (χ3v) is 4.59. The highest BCUT2D eigenvalue weighted by atomic mass is 32.1. The summed E-state index contributed by atoms with van der Waals surface area (Å²) in [5, 5.41) is 4.47. The maximum Gasteiger partial charge on any atom is 0.157 e. The second kappa shape index (κ2) is 6.41. The average molecular weight is 300 g/mol. The number of aromatic nitrogens is 1. The highest BCUT2D eigenvalue weighted by Gasteiger charge is 2.16. The van der Waals surface area contributed by atoms with Gasteiger partial charge >= 0.3 is 0 Å². The smallest absolute Gasteiger partial charge is 0.157 e. The maximum absolute atomic E-state index is 6.04. The molecule has 0 amide bonds. The van der Waals surface area contributed by atoms with Crippen LogP contribution in [0.2, 0.25) is 0 Å². The van der Waals surface area contributed by atoms with Crippen LogP contribution in [-0.4, -0.2) is 11.5 Å². The van der Waals surface area contributed by atoms with Gasteiger partial charge in [-0.25, -0.2) is 4.98 Å². The minimum absolute atomic E-state index is 0.752. The zero-order valence-corrected chi connectivity index (χ0v) is 13.1. The van der Waals surface area contributed by atoms with Crippen molar-refractivity contribution >= 4 is 22.3 Å². The fourth-order valence-electron chi connectivity index (χ4n) is 2.61. The van der Waals surface area contributed by atoms with Gasteiger partial charge in [-0.2, -0.15) is 0 Å². The van der Waals surface area contributed by atoms with Crippen LogP contribution < -0.4 is 5.73 Å². The summed E-state index contributed by atoms with van der Waals surface area (Å²) in [5.74, 6) is 0.931. The lowest BCUT2D eigenvalue weighted by Crippen LogP contribution is -1.98. The third-order valence-electron chi connectivity index (χ3n) is 3.68. The van der Waals surface area contributed by atoms with E-state index in [9.17, 15) is 0 Å². The van der Waals surface area contributed by atoms with Crippen molar-refractivity contribution in [2.24, 2.45) is 5.73 Å². The van der Waals surface area contributed by atoms with Gasteiger partial charge in [-0.3, -0.25) is 0 Å². The van der Waals surface area contributed by atoms with E-state index in [0.29, 0.717) is 0 Å². The quantitative estimate of drug-likeness (QED) is 0.686. The number of furan rings is 1. The molecule has 1 aromatic carbocycles. The van der Waals surface area contributed by atoms with Gasteiger partial charge in [-0.05, 0) is 38.3 Å². The molecule has 110 valence electrons. The molecule has 0 radical (unpaired) electrons. The van der Waals surface area contributed by atoms with E-state index in [1.807, 2.05) is 12.1 Å². The van der Waals surface area contributed by atoms with Crippen LogP contribution in [0.4, 0.5) is 0 Å². The van der Waals surface area contributed by atoms with Gasteiger partial charge in [0.25, 0.3) is 0 Å². The highest BCUT2D eigenvalue weighted by Crippen LogP contribution is 2.34. The molecular formula is C17H20N2OS. The number of nitrogens with zero attached hydrogens (tertiary/aromatic N) is 1. The van der Waals surface area contributed by atoms with Crippen molar-refractivity contribution in [3.05, 3.63) is 40.2 Å². The Labute approximate surface area is 128 Å². The summed E-state index contributed by atoms with van der Waals surface area (Å²) in [4.78, 5) is 4.74. The molecule has 3 rings (SSSR count). The van der Waals surface area contributed by atoms with Crippen LogP contribution in [0.1, 0.15) is 30.3 Å². The van der Waals surface area contributed by atoms with E-state index in [-0.39, 0.29) is 0 Å². The molecule has 0 spiro atoms. The molecule has 2 heterocycles. The first-order valence-electron chi connectivity index (χ1n) is 7.48. The molecule has 0 aliphatic rings. The minimum Gasteiger partial charge on any atom is -0.454 e. The molecular weight excluding hydrogens is 280 g/mol. The van der Waals surface area contributed by atoms with Crippen LogP contribution in [0.15, 0.2) is 34.1 Å². The van der Waals surface area contributed by atoms with Crippen molar-refractivity contribution < 1.29 is 4.42 Å². The first kappa shape index (κ1) is 14.3. The standard InChI is InChI=1S/C17H20N2OS/c1-2-12-13-7-3-4-8-15(13)20-17(12)14-11-21-16(19-14)9-5-6-10-18/h3-4,7-8,11H,2,5-6,9-10,18H2,1H3. The van der Waals surface area contributed by atoms with E-state index in [4.69, 9.17) is 15.1 Å². The summed E-state index contributed by atoms with van der Waals surface area (Å²) in [5.41, 5.74) is 8.71. The van der Waals surface area contributed by atoms with Crippen molar-refractivity contribution in [3.8, 4) is 11.5 Å². The highest BCUT2D eigenvalue weighted by molar-refractivity contribution is 7.09. The molecule has 0 unspecified atom stereocenters. The Kier molecular flexibility index (Phi) is 4.36. The lowest BCUT2D eigenvalue weighted by Gasteiger charge is -1.97. The summed E-state index contributed by atoms with van der Waals surface area (Å²) < 4.78 is 6.04. The molecule has 3 aromatic rings. The Morgan fingerprint density at radius 2 is 2.10 bits per heavy atom. The number of aryl methyl sites for hydroxylation is 2.